The van der Waals surface area contributed by atoms with Gasteiger partial charge in [0, 0.05) is 11.8 Å². The minimum atomic E-state index is -1.03. The smallest absolute Gasteiger partial charge is 0.254 e. The number of benzene rings is 2. The van der Waals surface area contributed by atoms with Gasteiger partial charge in [-0.15, -0.1) is 0 Å². The predicted octanol–water partition coefficient (Wildman–Crippen LogP) is 1.85. The van der Waals surface area contributed by atoms with Crippen LogP contribution < -0.4 is 20.7 Å². The van der Waals surface area contributed by atoms with Crippen LogP contribution in [-0.4, -0.2) is 37.4 Å². The summed E-state index contributed by atoms with van der Waals surface area (Å²) in [6, 6.07) is 9.18. The summed E-state index contributed by atoms with van der Waals surface area (Å²) in [6.07, 6.45) is 0. The summed E-state index contributed by atoms with van der Waals surface area (Å²) in [6.45, 7) is 1.61. The van der Waals surface area contributed by atoms with E-state index in [1.165, 1.54) is 0 Å². The number of amides is 3. The fourth-order valence-corrected chi connectivity index (χ4v) is 2.18. The van der Waals surface area contributed by atoms with Gasteiger partial charge in [-0.05, 0) is 43.3 Å². The van der Waals surface area contributed by atoms with Crippen molar-refractivity contribution >= 4 is 23.4 Å². The van der Waals surface area contributed by atoms with Crippen LogP contribution >= 0.6 is 0 Å². The van der Waals surface area contributed by atoms with Crippen molar-refractivity contribution < 1.29 is 27.9 Å². The Balaban J connectivity index is 1.74. The number of nitrogens with one attached hydrogen (secondary N) is 3. The van der Waals surface area contributed by atoms with Crippen molar-refractivity contribution in [1.29, 1.82) is 0 Å². The summed E-state index contributed by atoms with van der Waals surface area (Å²) in [5.41, 5.74) is 0.144. The van der Waals surface area contributed by atoms with Gasteiger partial charge in [-0.3, -0.25) is 14.4 Å². The highest BCUT2D eigenvalue weighted by Gasteiger charge is 2.14. The third-order valence-corrected chi connectivity index (χ3v) is 3.48. The summed E-state index contributed by atoms with van der Waals surface area (Å²) in [4.78, 5) is 35.3. The van der Waals surface area contributed by atoms with E-state index >= 15 is 0 Å². The topological polar surface area (TPSA) is 96.5 Å². The molecule has 9 heteroatoms. The second-order valence-electron chi connectivity index (χ2n) is 5.59. The SMILES string of the molecule is CCOc1ccc(NC(=O)CNC(=O)CNC(=O)c2ccc(F)cc2F)cc1. The average Bonchev–Trinajstić information content (AvgIpc) is 2.66. The van der Waals surface area contributed by atoms with Crippen molar-refractivity contribution in [3.8, 4) is 5.75 Å². The number of anilines is 1. The number of hydrogen-bond acceptors (Lipinski definition) is 4. The maximum Gasteiger partial charge on any atom is 0.254 e. The maximum absolute atomic E-state index is 13.5. The van der Waals surface area contributed by atoms with Gasteiger partial charge in [-0.25, -0.2) is 8.78 Å². The molecule has 2 aromatic rings. The Hall–Kier alpha value is -3.49. The highest BCUT2D eigenvalue weighted by atomic mass is 19.1. The van der Waals surface area contributed by atoms with Crippen LogP contribution in [0.2, 0.25) is 0 Å². The Kier molecular flexibility index (Phi) is 7.44. The van der Waals surface area contributed by atoms with Crippen molar-refractivity contribution in [3.63, 3.8) is 0 Å². The molecule has 0 aliphatic carbocycles. The molecular formula is C19H19F2N3O4. The molecule has 0 aliphatic heterocycles. The van der Waals surface area contributed by atoms with Crippen molar-refractivity contribution in [2.45, 2.75) is 6.92 Å². The molecule has 0 aromatic heterocycles. The zero-order chi connectivity index (χ0) is 20.5. The van der Waals surface area contributed by atoms with Gasteiger partial charge in [0.25, 0.3) is 5.91 Å². The molecule has 0 bridgehead atoms. The molecule has 0 aliphatic rings. The highest BCUT2D eigenvalue weighted by molar-refractivity contribution is 5.98. The van der Waals surface area contributed by atoms with Gasteiger partial charge in [0.15, 0.2) is 0 Å². The van der Waals surface area contributed by atoms with Gasteiger partial charge in [0.1, 0.15) is 17.4 Å². The Bertz CT molecular complexity index is 857. The van der Waals surface area contributed by atoms with Gasteiger partial charge in [-0.1, -0.05) is 0 Å². The standard InChI is InChI=1S/C19H19F2N3O4/c1-2-28-14-6-4-13(5-7-14)24-18(26)11-22-17(25)10-23-19(27)15-8-3-12(20)9-16(15)21/h3-9H,2,10-11H2,1H3,(H,22,25)(H,23,27)(H,24,26). The van der Waals surface area contributed by atoms with E-state index in [2.05, 4.69) is 16.0 Å². The largest absolute Gasteiger partial charge is 0.494 e. The molecule has 7 nitrogen and oxygen atoms in total. The Morgan fingerprint density at radius 2 is 1.61 bits per heavy atom. The van der Waals surface area contributed by atoms with E-state index in [-0.39, 0.29) is 12.1 Å². The first kappa shape index (κ1) is 20.8. The Morgan fingerprint density at radius 3 is 2.25 bits per heavy atom. The molecule has 3 amide bonds. The quantitative estimate of drug-likeness (QED) is 0.640. The summed E-state index contributed by atoms with van der Waals surface area (Å²) < 4.78 is 31.6. The van der Waals surface area contributed by atoms with Gasteiger partial charge in [0.2, 0.25) is 11.8 Å². The second-order valence-corrected chi connectivity index (χ2v) is 5.59. The minimum Gasteiger partial charge on any atom is -0.494 e. The van der Waals surface area contributed by atoms with Crippen LogP contribution in [-0.2, 0) is 9.59 Å². The number of hydrogen-bond donors (Lipinski definition) is 3. The first-order valence-corrected chi connectivity index (χ1v) is 8.41. The van der Waals surface area contributed by atoms with Gasteiger partial charge in [0.05, 0.1) is 25.3 Å². The minimum absolute atomic E-state index is 0.313. The molecule has 0 radical (unpaired) electrons. The van der Waals surface area contributed by atoms with Gasteiger partial charge in [-0.2, -0.15) is 0 Å². The molecule has 3 N–H and O–H groups in total. The summed E-state index contributed by atoms with van der Waals surface area (Å²) in [5.74, 6) is -3.15. The molecule has 148 valence electrons. The van der Waals surface area contributed by atoms with Crippen molar-refractivity contribution in [1.82, 2.24) is 10.6 Å². The second kappa shape index (κ2) is 10.0. The van der Waals surface area contributed by atoms with Crippen molar-refractivity contribution in [3.05, 3.63) is 59.7 Å². The zero-order valence-corrected chi connectivity index (χ0v) is 15.1. The molecule has 0 atom stereocenters. The van der Waals surface area contributed by atoms with E-state index in [9.17, 15) is 23.2 Å². The first-order chi connectivity index (χ1) is 13.4. The van der Waals surface area contributed by atoms with Gasteiger partial charge >= 0.3 is 0 Å². The number of ether oxygens (including phenoxy) is 1. The van der Waals surface area contributed by atoms with E-state index in [0.29, 0.717) is 24.1 Å². The van der Waals surface area contributed by atoms with E-state index in [1.54, 1.807) is 24.3 Å². The van der Waals surface area contributed by atoms with Crippen LogP contribution in [0.3, 0.4) is 0 Å². The lowest BCUT2D eigenvalue weighted by Gasteiger charge is -2.09. The molecule has 2 rings (SSSR count). The van der Waals surface area contributed by atoms with Crippen molar-refractivity contribution in [2.24, 2.45) is 0 Å². The molecule has 2 aromatic carbocycles. The lowest BCUT2D eigenvalue weighted by atomic mass is 10.2. The molecular weight excluding hydrogens is 372 g/mol. The molecule has 0 heterocycles. The van der Waals surface area contributed by atoms with E-state index < -0.39 is 35.9 Å². The summed E-state index contributed by atoms with van der Waals surface area (Å²) in [7, 11) is 0. The Morgan fingerprint density at radius 1 is 0.929 bits per heavy atom. The number of rotatable bonds is 8. The van der Waals surface area contributed by atoms with Crippen LogP contribution in [0.4, 0.5) is 14.5 Å². The number of carbonyl (C=O) groups excluding carboxylic acids is 3. The third-order valence-electron chi connectivity index (χ3n) is 3.48. The molecule has 0 saturated heterocycles. The maximum atomic E-state index is 13.5. The van der Waals surface area contributed by atoms with Crippen LogP contribution in [0.25, 0.3) is 0 Å². The molecule has 0 fully saturated rings. The van der Waals surface area contributed by atoms with Crippen LogP contribution in [0.15, 0.2) is 42.5 Å². The summed E-state index contributed by atoms with van der Waals surface area (Å²) >= 11 is 0. The van der Waals surface area contributed by atoms with Crippen LogP contribution in [0, 0.1) is 11.6 Å². The fourth-order valence-electron chi connectivity index (χ4n) is 2.18. The third kappa shape index (κ3) is 6.35. The first-order valence-electron chi connectivity index (χ1n) is 8.41. The van der Waals surface area contributed by atoms with Crippen LogP contribution in [0.5, 0.6) is 5.75 Å². The number of carbonyl (C=O) groups is 3. The number of halogens is 2. The fraction of sp³-hybridized carbons (Fsp3) is 0.211. The molecule has 0 saturated carbocycles. The molecule has 0 spiro atoms. The highest BCUT2D eigenvalue weighted by Crippen LogP contribution is 2.15. The monoisotopic (exact) mass is 391 g/mol. The average molecular weight is 391 g/mol. The Labute approximate surface area is 160 Å². The molecule has 0 unspecified atom stereocenters. The summed E-state index contributed by atoms with van der Waals surface area (Å²) in [5, 5.41) is 7.10. The van der Waals surface area contributed by atoms with E-state index in [1.807, 2.05) is 6.92 Å². The lowest BCUT2D eigenvalue weighted by molar-refractivity contribution is -0.123. The lowest BCUT2D eigenvalue weighted by Crippen LogP contribution is -2.40. The van der Waals surface area contributed by atoms with Crippen LogP contribution in [0.1, 0.15) is 17.3 Å². The zero-order valence-electron chi connectivity index (χ0n) is 15.1. The predicted molar refractivity (Wildman–Crippen MR) is 97.9 cm³/mol. The van der Waals surface area contributed by atoms with E-state index in [4.69, 9.17) is 4.74 Å². The van der Waals surface area contributed by atoms with E-state index in [0.717, 1.165) is 12.1 Å². The van der Waals surface area contributed by atoms with Gasteiger partial charge < -0.3 is 20.7 Å². The molecule has 28 heavy (non-hydrogen) atoms. The van der Waals surface area contributed by atoms with Crippen molar-refractivity contribution in [2.75, 3.05) is 25.0 Å². The normalized spacial score (nSPS) is 10.1.